The number of halogens is 1. The monoisotopic (exact) mass is 396 g/mol. The van der Waals surface area contributed by atoms with Crippen molar-refractivity contribution in [1.29, 1.82) is 0 Å². The summed E-state index contributed by atoms with van der Waals surface area (Å²) < 4.78 is 5.59. The molecule has 28 heavy (non-hydrogen) atoms. The van der Waals surface area contributed by atoms with E-state index in [9.17, 15) is 9.59 Å². The fourth-order valence-electron chi connectivity index (χ4n) is 3.04. The Bertz CT molecular complexity index is 1000. The molecule has 0 unspecified atom stereocenters. The van der Waals surface area contributed by atoms with Gasteiger partial charge in [-0.1, -0.05) is 29.3 Å². The van der Waals surface area contributed by atoms with Gasteiger partial charge in [-0.25, -0.2) is 0 Å². The molecule has 2 N–H and O–H groups in total. The van der Waals surface area contributed by atoms with Crippen LogP contribution in [0, 0.1) is 20.8 Å². The summed E-state index contributed by atoms with van der Waals surface area (Å²) in [4.78, 5) is 24.5. The maximum atomic E-state index is 12.3. The van der Waals surface area contributed by atoms with Gasteiger partial charge in [0.15, 0.2) is 5.76 Å². The SMILES string of the molecule is Cc1cc(C)c(NC(=O)CNC(=O)c2ccc(-c3ccc(Cl)cc3)o2)c(C)c1. The van der Waals surface area contributed by atoms with Gasteiger partial charge in [-0.15, -0.1) is 0 Å². The lowest BCUT2D eigenvalue weighted by Gasteiger charge is -2.13. The van der Waals surface area contributed by atoms with E-state index in [2.05, 4.69) is 10.6 Å². The highest BCUT2D eigenvalue weighted by Crippen LogP contribution is 2.24. The van der Waals surface area contributed by atoms with Crippen LogP contribution in [0.25, 0.3) is 11.3 Å². The minimum Gasteiger partial charge on any atom is -0.451 e. The summed E-state index contributed by atoms with van der Waals surface area (Å²) >= 11 is 5.88. The maximum Gasteiger partial charge on any atom is 0.287 e. The van der Waals surface area contributed by atoms with E-state index < -0.39 is 5.91 Å². The van der Waals surface area contributed by atoms with Crippen molar-refractivity contribution in [1.82, 2.24) is 5.32 Å². The van der Waals surface area contributed by atoms with E-state index in [1.54, 1.807) is 24.3 Å². The zero-order valence-corrected chi connectivity index (χ0v) is 16.7. The third-order valence-electron chi connectivity index (χ3n) is 4.31. The van der Waals surface area contributed by atoms with Gasteiger partial charge >= 0.3 is 0 Å². The van der Waals surface area contributed by atoms with E-state index in [-0.39, 0.29) is 18.2 Å². The van der Waals surface area contributed by atoms with E-state index >= 15 is 0 Å². The van der Waals surface area contributed by atoms with Crippen LogP contribution < -0.4 is 10.6 Å². The molecule has 0 atom stereocenters. The van der Waals surface area contributed by atoms with Gasteiger partial charge in [0.25, 0.3) is 5.91 Å². The van der Waals surface area contributed by atoms with E-state index in [4.69, 9.17) is 16.0 Å². The summed E-state index contributed by atoms with van der Waals surface area (Å²) in [6.07, 6.45) is 0. The van der Waals surface area contributed by atoms with Gasteiger partial charge in [0, 0.05) is 16.3 Å². The Hall–Kier alpha value is -3.05. The van der Waals surface area contributed by atoms with Crippen LogP contribution in [-0.2, 0) is 4.79 Å². The molecule has 0 aliphatic heterocycles. The first kappa shape index (κ1) is 19.7. The van der Waals surface area contributed by atoms with Crippen LogP contribution in [0.4, 0.5) is 5.69 Å². The first-order chi connectivity index (χ1) is 13.3. The van der Waals surface area contributed by atoms with Crippen molar-refractivity contribution >= 4 is 29.1 Å². The second-order valence-electron chi connectivity index (χ2n) is 6.68. The van der Waals surface area contributed by atoms with Gasteiger partial charge in [0.2, 0.25) is 5.91 Å². The van der Waals surface area contributed by atoms with Crippen LogP contribution in [0.15, 0.2) is 52.9 Å². The summed E-state index contributed by atoms with van der Waals surface area (Å²) in [5.41, 5.74) is 4.68. The lowest BCUT2D eigenvalue weighted by molar-refractivity contribution is -0.115. The first-order valence-corrected chi connectivity index (χ1v) is 9.23. The number of amides is 2. The highest BCUT2D eigenvalue weighted by Gasteiger charge is 2.14. The summed E-state index contributed by atoms with van der Waals surface area (Å²) in [5, 5.41) is 6.05. The van der Waals surface area contributed by atoms with Gasteiger partial charge in [0.05, 0.1) is 6.54 Å². The normalized spacial score (nSPS) is 10.6. The summed E-state index contributed by atoms with van der Waals surface area (Å²) in [6.45, 7) is 5.74. The molecule has 1 aromatic heterocycles. The molecule has 3 aromatic rings. The van der Waals surface area contributed by atoms with Gasteiger partial charge in [-0.3, -0.25) is 9.59 Å². The number of furan rings is 1. The number of aryl methyl sites for hydroxylation is 3. The highest BCUT2D eigenvalue weighted by molar-refractivity contribution is 6.30. The highest BCUT2D eigenvalue weighted by atomic mass is 35.5. The second-order valence-corrected chi connectivity index (χ2v) is 7.11. The molecule has 0 bridgehead atoms. The molecule has 1 heterocycles. The molecular formula is C22H21ClN2O3. The third kappa shape index (κ3) is 4.61. The van der Waals surface area contributed by atoms with Crippen molar-refractivity contribution in [2.24, 2.45) is 0 Å². The van der Waals surface area contributed by atoms with Crippen LogP contribution in [0.2, 0.25) is 5.02 Å². The minimum absolute atomic E-state index is 0.139. The van der Waals surface area contributed by atoms with Crippen LogP contribution >= 0.6 is 11.6 Å². The molecule has 6 heteroatoms. The fraction of sp³-hybridized carbons (Fsp3) is 0.182. The zero-order valence-electron chi connectivity index (χ0n) is 15.9. The topological polar surface area (TPSA) is 71.3 Å². The Labute approximate surface area is 168 Å². The summed E-state index contributed by atoms with van der Waals surface area (Å²) in [6, 6.07) is 14.4. The fourth-order valence-corrected chi connectivity index (χ4v) is 3.16. The molecule has 2 amide bonds. The minimum atomic E-state index is -0.451. The van der Waals surface area contributed by atoms with Gasteiger partial charge in [-0.05, 0) is 68.3 Å². The summed E-state index contributed by atoms with van der Waals surface area (Å²) in [5.74, 6) is -0.0572. The molecular weight excluding hydrogens is 376 g/mol. The molecule has 5 nitrogen and oxygen atoms in total. The Morgan fingerprint density at radius 2 is 1.61 bits per heavy atom. The van der Waals surface area contributed by atoms with E-state index in [1.807, 2.05) is 45.0 Å². The summed E-state index contributed by atoms with van der Waals surface area (Å²) in [7, 11) is 0. The average Bonchev–Trinajstić information content (AvgIpc) is 3.13. The van der Waals surface area contributed by atoms with E-state index in [0.717, 1.165) is 27.9 Å². The molecule has 0 saturated carbocycles. The molecule has 0 saturated heterocycles. The molecule has 144 valence electrons. The number of carbonyl (C=O) groups excluding carboxylic acids is 2. The maximum absolute atomic E-state index is 12.3. The van der Waals surface area contributed by atoms with E-state index in [0.29, 0.717) is 10.8 Å². The Morgan fingerprint density at radius 3 is 2.25 bits per heavy atom. The van der Waals surface area contributed by atoms with Gasteiger partial charge in [0.1, 0.15) is 5.76 Å². The van der Waals surface area contributed by atoms with Crippen molar-refractivity contribution in [2.45, 2.75) is 20.8 Å². The number of hydrogen-bond donors (Lipinski definition) is 2. The molecule has 3 rings (SSSR count). The first-order valence-electron chi connectivity index (χ1n) is 8.85. The molecule has 0 radical (unpaired) electrons. The van der Waals surface area contributed by atoms with Crippen LogP contribution in [0.5, 0.6) is 0 Å². The lowest BCUT2D eigenvalue weighted by atomic mass is 10.1. The second kappa shape index (κ2) is 8.31. The van der Waals surface area contributed by atoms with Gasteiger partial charge < -0.3 is 15.1 Å². The predicted molar refractivity (Wildman–Crippen MR) is 111 cm³/mol. The largest absolute Gasteiger partial charge is 0.451 e. The zero-order chi connectivity index (χ0) is 20.3. The third-order valence-corrected chi connectivity index (χ3v) is 4.56. The Balaban J connectivity index is 1.60. The Kier molecular flexibility index (Phi) is 5.85. The standard InChI is InChI=1S/C22H21ClN2O3/c1-13-10-14(2)21(15(3)11-13)25-20(26)12-24-22(27)19-9-8-18(28-19)16-4-6-17(23)7-5-16/h4-11H,12H2,1-3H3,(H,24,27)(H,25,26). The van der Waals surface area contributed by atoms with Crippen molar-refractivity contribution in [3.63, 3.8) is 0 Å². The molecule has 0 aliphatic carbocycles. The molecule has 0 spiro atoms. The smallest absolute Gasteiger partial charge is 0.287 e. The van der Waals surface area contributed by atoms with Crippen molar-refractivity contribution in [3.8, 4) is 11.3 Å². The number of carbonyl (C=O) groups is 2. The van der Waals surface area contributed by atoms with Gasteiger partial charge in [-0.2, -0.15) is 0 Å². The lowest BCUT2D eigenvalue weighted by Crippen LogP contribution is -2.33. The number of rotatable bonds is 5. The van der Waals surface area contributed by atoms with Crippen molar-refractivity contribution < 1.29 is 14.0 Å². The van der Waals surface area contributed by atoms with Crippen molar-refractivity contribution in [3.05, 3.63) is 76.0 Å². The van der Waals surface area contributed by atoms with Crippen molar-refractivity contribution in [2.75, 3.05) is 11.9 Å². The number of hydrogen-bond acceptors (Lipinski definition) is 3. The number of nitrogens with one attached hydrogen (secondary N) is 2. The quantitative estimate of drug-likeness (QED) is 0.644. The van der Waals surface area contributed by atoms with Crippen LogP contribution in [-0.4, -0.2) is 18.4 Å². The van der Waals surface area contributed by atoms with Crippen LogP contribution in [0.1, 0.15) is 27.2 Å². The predicted octanol–water partition coefficient (Wildman–Crippen LogP) is 4.89. The van der Waals surface area contributed by atoms with Crippen LogP contribution in [0.3, 0.4) is 0 Å². The average molecular weight is 397 g/mol. The molecule has 0 fully saturated rings. The molecule has 0 aliphatic rings. The number of benzene rings is 2. The number of anilines is 1. The Morgan fingerprint density at radius 1 is 0.964 bits per heavy atom. The molecule has 2 aromatic carbocycles. The van der Waals surface area contributed by atoms with E-state index in [1.165, 1.54) is 0 Å².